The van der Waals surface area contributed by atoms with Gasteiger partial charge in [-0.2, -0.15) is 0 Å². The molecule has 0 spiro atoms. The van der Waals surface area contributed by atoms with Gasteiger partial charge in [0, 0.05) is 0 Å². The van der Waals surface area contributed by atoms with Crippen LogP contribution in [0.5, 0.6) is 0 Å². The van der Waals surface area contributed by atoms with Crippen LogP contribution in [0.25, 0.3) is 0 Å². The van der Waals surface area contributed by atoms with Gasteiger partial charge in [0.05, 0.1) is 0 Å². The molecule has 3 aliphatic rings. The molecule has 0 N–H and O–H groups in total. The molecule has 0 amide bonds. The summed E-state index contributed by atoms with van der Waals surface area (Å²) < 4.78 is 15.5. The maximum atomic E-state index is 15.5. The molecule has 0 aromatic heterocycles. The van der Waals surface area contributed by atoms with Gasteiger partial charge < -0.3 is 0 Å². The van der Waals surface area contributed by atoms with Gasteiger partial charge in [0.25, 0.3) is 0 Å². The maximum absolute atomic E-state index is 15.5. The zero-order chi connectivity index (χ0) is 20.2. The maximum Gasteiger partial charge on any atom is 0.130 e. The Morgan fingerprint density at radius 2 is 1.83 bits per heavy atom. The fraction of sp³-hybridized carbons (Fsp3) is 0.714. The average molecular weight is 397 g/mol. The predicted molar refractivity (Wildman–Crippen MR) is 122 cm³/mol. The third-order valence-electron chi connectivity index (χ3n) is 8.46. The van der Waals surface area contributed by atoms with Crippen molar-refractivity contribution < 1.29 is 4.39 Å². The monoisotopic (exact) mass is 396 g/mol. The minimum absolute atomic E-state index is 0.181. The zero-order valence-electron chi connectivity index (χ0n) is 18.8. The highest BCUT2D eigenvalue weighted by Crippen LogP contribution is 2.48. The van der Waals surface area contributed by atoms with Crippen LogP contribution >= 0.6 is 0 Å². The number of benzene rings is 1. The number of allylic oxidation sites excluding steroid dienone is 2. The number of rotatable bonds is 6. The van der Waals surface area contributed by atoms with E-state index >= 15 is 4.39 Å². The predicted octanol–water partition coefficient (Wildman–Crippen LogP) is 8.39. The number of unbranched alkanes of at least 4 members (excludes halogenated alkanes) is 2. The smallest absolute Gasteiger partial charge is 0.130 e. The first-order chi connectivity index (χ1) is 14.2. The first kappa shape index (κ1) is 21.1. The Balaban J connectivity index is 1.41. The molecule has 1 aromatic rings. The quantitative estimate of drug-likeness (QED) is 0.334. The van der Waals surface area contributed by atoms with Crippen LogP contribution in [-0.4, -0.2) is 0 Å². The van der Waals surface area contributed by atoms with Gasteiger partial charge in [0.2, 0.25) is 0 Å². The summed E-state index contributed by atoms with van der Waals surface area (Å²) in [5, 5.41) is 0. The molecule has 0 bridgehead atoms. The Kier molecular flexibility index (Phi) is 7.14. The lowest BCUT2D eigenvalue weighted by Gasteiger charge is -2.42. The molecule has 1 heteroatoms. The van der Waals surface area contributed by atoms with Crippen molar-refractivity contribution >= 4 is 0 Å². The molecule has 2 fully saturated rings. The van der Waals surface area contributed by atoms with Gasteiger partial charge in [-0.25, -0.2) is 4.39 Å². The highest BCUT2D eigenvalue weighted by molar-refractivity contribution is 5.38. The molecule has 3 aliphatic carbocycles. The second-order valence-electron chi connectivity index (χ2n) is 10.3. The normalized spacial score (nSPS) is 32.2. The van der Waals surface area contributed by atoms with Gasteiger partial charge in [-0.05, 0) is 111 Å². The van der Waals surface area contributed by atoms with Crippen molar-refractivity contribution in [1.29, 1.82) is 0 Å². The lowest BCUT2D eigenvalue weighted by molar-refractivity contribution is 0.132. The van der Waals surface area contributed by atoms with E-state index in [1.54, 1.807) is 0 Å². The topological polar surface area (TPSA) is 0 Å². The molecule has 0 radical (unpaired) electrons. The van der Waals surface area contributed by atoms with E-state index in [1.165, 1.54) is 76.2 Å². The van der Waals surface area contributed by atoms with Gasteiger partial charge in [0.1, 0.15) is 5.82 Å². The van der Waals surface area contributed by atoms with E-state index in [0.29, 0.717) is 5.92 Å². The van der Waals surface area contributed by atoms with E-state index in [0.717, 1.165) is 47.6 Å². The van der Waals surface area contributed by atoms with Crippen molar-refractivity contribution in [2.45, 2.75) is 103 Å². The van der Waals surface area contributed by atoms with Gasteiger partial charge >= 0.3 is 0 Å². The van der Waals surface area contributed by atoms with Crippen LogP contribution in [0.15, 0.2) is 24.3 Å². The molecule has 29 heavy (non-hydrogen) atoms. The van der Waals surface area contributed by atoms with E-state index < -0.39 is 0 Å². The van der Waals surface area contributed by atoms with E-state index in [2.05, 4.69) is 38.1 Å². The highest BCUT2D eigenvalue weighted by Gasteiger charge is 2.36. The van der Waals surface area contributed by atoms with Crippen LogP contribution in [0.2, 0.25) is 0 Å². The molecule has 5 unspecified atom stereocenters. The Morgan fingerprint density at radius 3 is 2.66 bits per heavy atom. The molecule has 0 heterocycles. The van der Waals surface area contributed by atoms with Crippen LogP contribution in [0.1, 0.15) is 107 Å². The van der Waals surface area contributed by atoms with E-state index in [4.69, 9.17) is 0 Å². The van der Waals surface area contributed by atoms with E-state index in [1.807, 2.05) is 0 Å². The van der Waals surface area contributed by atoms with Crippen molar-refractivity contribution in [2.24, 2.45) is 23.7 Å². The number of hydrogen-bond acceptors (Lipinski definition) is 0. The highest BCUT2D eigenvalue weighted by atomic mass is 19.1. The van der Waals surface area contributed by atoms with Gasteiger partial charge in [-0.1, -0.05) is 56.9 Å². The summed E-state index contributed by atoms with van der Waals surface area (Å²) in [5.41, 5.74) is 3.45. The second-order valence-corrected chi connectivity index (χ2v) is 10.3. The lowest BCUT2D eigenvalue weighted by Crippen LogP contribution is -2.30. The molecule has 160 valence electrons. The SMILES string of the molecule is C/C=C/C1CCC2CC(c3ccc4c(c3F)CCC(CCCCC)C4)CCC2C1. The fourth-order valence-electron chi connectivity index (χ4n) is 6.80. The fourth-order valence-corrected chi connectivity index (χ4v) is 6.80. The van der Waals surface area contributed by atoms with Crippen LogP contribution < -0.4 is 0 Å². The van der Waals surface area contributed by atoms with E-state index in [-0.39, 0.29) is 5.82 Å². The van der Waals surface area contributed by atoms with Crippen molar-refractivity contribution in [3.8, 4) is 0 Å². The molecular weight excluding hydrogens is 355 g/mol. The zero-order valence-corrected chi connectivity index (χ0v) is 18.8. The van der Waals surface area contributed by atoms with Crippen molar-refractivity contribution in [1.82, 2.24) is 0 Å². The summed E-state index contributed by atoms with van der Waals surface area (Å²) in [4.78, 5) is 0. The van der Waals surface area contributed by atoms with E-state index in [9.17, 15) is 0 Å². The molecule has 5 atom stereocenters. The van der Waals surface area contributed by atoms with Crippen LogP contribution in [0, 0.1) is 29.5 Å². The molecule has 4 rings (SSSR count). The van der Waals surface area contributed by atoms with Crippen molar-refractivity contribution in [3.63, 3.8) is 0 Å². The molecule has 2 saturated carbocycles. The number of hydrogen-bond donors (Lipinski definition) is 0. The van der Waals surface area contributed by atoms with Crippen LogP contribution in [0.3, 0.4) is 0 Å². The molecule has 1 aromatic carbocycles. The largest absolute Gasteiger partial charge is 0.206 e. The molecular formula is C28H41F. The van der Waals surface area contributed by atoms with Crippen molar-refractivity contribution in [2.75, 3.05) is 0 Å². The standard InChI is InChI=1S/C28H41F/c1-3-5-6-8-21-10-15-26-24(18-21)14-16-27(28(26)29)25-13-12-22-17-20(7-4-2)9-11-23(22)19-25/h4,7,14,16,20-23,25H,3,5-6,8-13,15,17-19H2,1-2H3/b7-4+. The number of fused-ring (bicyclic) bond motifs is 2. The number of halogens is 1. The Morgan fingerprint density at radius 1 is 1.00 bits per heavy atom. The minimum atomic E-state index is 0.181. The Bertz CT molecular complexity index is 703. The summed E-state index contributed by atoms with van der Waals surface area (Å²) in [6.45, 7) is 4.42. The third-order valence-corrected chi connectivity index (χ3v) is 8.46. The molecule has 0 nitrogen and oxygen atoms in total. The van der Waals surface area contributed by atoms with Crippen LogP contribution in [0.4, 0.5) is 4.39 Å². The molecule has 0 saturated heterocycles. The van der Waals surface area contributed by atoms with Crippen molar-refractivity contribution in [3.05, 3.63) is 46.8 Å². The average Bonchev–Trinajstić information content (AvgIpc) is 2.74. The lowest BCUT2D eigenvalue weighted by atomic mass is 9.63. The Labute approximate surface area is 178 Å². The minimum Gasteiger partial charge on any atom is -0.206 e. The first-order valence-electron chi connectivity index (χ1n) is 12.6. The first-order valence-corrected chi connectivity index (χ1v) is 12.6. The summed E-state index contributed by atoms with van der Waals surface area (Å²) >= 11 is 0. The summed E-state index contributed by atoms with van der Waals surface area (Å²) in [6, 6.07) is 4.48. The third kappa shape index (κ3) is 4.80. The van der Waals surface area contributed by atoms with Crippen LogP contribution in [-0.2, 0) is 12.8 Å². The summed E-state index contributed by atoms with van der Waals surface area (Å²) in [6.07, 6.45) is 21.0. The van der Waals surface area contributed by atoms with Gasteiger partial charge in [-0.3, -0.25) is 0 Å². The molecule has 0 aliphatic heterocycles. The Hall–Kier alpha value is -1.11. The second kappa shape index (κ2) is 9.80. The summed E-state index contributed by atoms with van der Waals surface area (Å²) in [5.74, 6) is 3.92. The van der Waals surface area contributed by atoms with Gasteiger partial charge in [0.15, 0.2) is 0 Å². The van der Waals surface area contributed by atoms with Gasteiger partial charge in [-0.15, -0.1) is 0 Å². The summed E-state index contributed by atoms with van der Waals surface area (Å²) in [7, 11) is 0.